The number of aliphatic hydroxyl groups excluding tert-OH is 1. The first-order chi connectivity index (χ1) is 11.7. The molecule has 1 N–H and O–H groups in total. The lowest BCUT2D eigenvalue weighted by Gasteiger charge is -2.00. The molecule has 132 valence electrons. The summed E-state index contributed by atoms with van der Waals surface area (Å²) in [6, 6.07) is 16.2. The van der Waals surface area contributed by atoms with Crippen LogP contribution in [-0.4, -0.2) is 32.5 Å². The van der Waals surface area contributed by atoms with Crippen LogP contribution in [0.25, 0.3) is 0 Å². The van der Waals surface area contributed by atoms with Gasteiger partial charge in [0.25, 0.3) is 0 Å². The van der Waals surface area contributed by atoms with Crippen LogP contribution in [0.15, 0.2) is 48.5 Å². The first-order valence-electron chi connectivity index (χ1n) is 8.03. The van der Waals surface area contributed by atoms with Crippen LogP contribution in [0.5, 0.6) is 0 Å². The highest BCUT2D eigenvalue weighted by molar-refractivity contribution is 6.17. The van der Waals surface area contributed by atoms with Crippen molar-refractivity contribution in [3.8, 4) is 0 Å². The molecule has 0 aliphatic carbocycles. The lowest BCUT2D eigenvalue weighted by atomic mass is 10.1. The van der Waals surface area contributed by atoms with Crippen molar-refractivity contribution in [2.75, 3.05) is 27.4 Å². The molecule has 0 saturated carbocycles. The second-order valence-corrected chi connectivity index (χ2v) is 5.68. The van der Waals surface area contributed by atoms with Crippen LogP contribution in [0.2, 0.25) is 0 Å². The Morgan fingerprint density at radius 1 is 0.708 bits per heavy atom. The van der Waals surface area contributed by atoms with Crippen molar-refractivity contribution in [1.29, 1.82) is 0 Å². The highest BCUT2D eigenvalue weighted by Gasteiger charge is 1.93. The first-order valence-corrected chi connectivity index (χ1v) is 8.57. The largest absolute Gasteiger partial charge is 0.392 e. The molecule has 0 aromatic heterocycles. The van der Waals surface area contributed by atoms with Crippen LogP contribution in [0.4, 0.5) is 0 Å². The number of aliphatic hydroxyl groups is 1. The van der Waals surface area contributed by atoms with E-state index in [1.165, 1.54) is 11.1 Å². The summed E-state index contributed by atoms with van der Waals surface area (Å²) < 4.78 is 9.93. The van der Waals surface area contributed by atoms with Gasteiger partial charge in [0.1, 0.15) is 0 Å². The Kier molecular flexibility index (Phi) is 11.2. The van der Waals surface area contributed by atoms with Crippen molar-refractivity contribution in [1.82, 2.24) is 0 Å². The van der Waals surface area contributed by atoms with Crippen LogP contribution in [0, 0.1) is 0 Å². The Bertz CT molecular complexity index is 486. The summed E-state index contributed by atoms with van der Waals surface area (Å²) in [7, 11) is 3.41. The number of ether oxygens (including phenoxy) is 2. The van der Waals surface area contributed by atoms with E-state index in [2.05, 4.69) is 24.3 Å². The molecule has 24 heavy (non-hydrogen) atoms. The third kappa shape index (κ3) is 8.46. The minimum Gasteiger partial charge on any atom is -0.392 e. The van der Waals surface area contributed by atoms with E-state index in [1.807, 2.05) is 24.3 Å². The highest BCUT2D eigenvalue weighted by Crippen LogP contribution is 2.07. The molecule has 0 atom stereocenters. The SMILES string of the molecule is COCCc1ccc(CCl)cc1.COCCc1ccc(CO)cc1. The zero-order valence-electron chi connectivity index (χ0n) is 14.5. The average Bonchev–Trinajstić information content (AvgIpc) is 2.66. The van der Waals surface area contributed by atoms with Gasteiger partial charge in [-0.05, 0) is 35.1 Å². The molecule has 2 rings (SSSR count). The molecule has 0 spiro atoms. The summed E-state index contributed by atoms with van der Waals surface area (Å²) in [5.41, 5.74) is 4.66. The fourth-order valence-corrected chi connectivity index (χ4v) is 2.22. The zero-order valence-corrected chi connectivity index (χ0v) is 15.3. The summed E-state index contributed by atoms with van der Waals surface area (Å²) in [6.07, 6.45) is 1.90. The quantitative estimate of drug-likeness (QED) is 0.732. The van der Waals surface area contributed by atoms with Gasteiger partial charge < -0.3 is 14.6 Å². The van der Waals surface area contributed by atoms with Crippen molar-refractivity contribution in [2.24, 2.45) is 0 Å². The van der Waals surface area contributed by atoms with Gasteiger partial charge in [-0.25, -0.2) is 0 Å². The molecule has 0 bridgehead atoms. The fourth-order valence-electron chi connectivity index (χ4n) is 2.05. The van der Waals surface area contributed by atoms with E-state index < -0.39 is 0 Å². The topological polar surface area (TPSA) is 38.7 Å². The highest BCUT2D eigenvalue weighted by atomic mass is 35.5. The fraction of sp³-hybridized carbons (Fsp3) is 0.400. The van der Waals surface area contributed by atoms with Crippen molar-refractivity contribution >= 4 is 11.6 Å². The molecule has 3 nitrogen and oxygen atoms in total. The molecule has 0 heterocycles. The van der Waals surface area contributed by atoms with Crippen LogP contribution in [0.1, 0.15) is 22.3 Å². The Morgan fingerprint density at radius 2 is 1.08 bits per heavy atom. The number of benzene rings is 2. The average molecular weight is 351 g/mol. The van der Waals surface area contributed by atoms with Gasteiger partial charge in [0, 0.05) is 20.1 Å². The van der Waals surface area contributed by atoms with E-state index >= 15 is 0 Å². The lowest BCUT2D eigenvalue weighted by molar-refractivity contribution is 0.202. The third-order valence-electron chi connectivity index (χ3n) is 3.57. The molecule has 0 fully saturated rings. The molecular weight excluding hydrogens is 324 g/mol. The van der Waals surface area contributed by atoms with Gasteiger partial charge in [-0.2, -0.15) is 0 Å². The Morgan fingerprint density at radius 3 is 1.42 bits per heavy atom. The summed E-state index contributed by atoms with van der Waals surface area (Å²) in [6.45, 7) is 1.64. The van der Waals surface area contributed by atoms with E-state index in [0.717, 1.165) is 37.2 Å². The molecule has 4 heteroatoms. The summed E-state index contributed by atoms with van der Waals surface area (Å²) in [5.74, 6) is 0.588. The minimum atomic E-state index is 0.116. The van der Waals surface area contributed by atoms with Crippen molar-refractivity contribution in [2.45, 2.75) is 25.3 Å². The van der Waals surface area contributed by atoms with Gasteiger partial charge in [-0.15, -0.1) is 11.6 Å². The molecule has 0 saturated heterocycles. The molecular formula is C20H27ClO3. The standard InChI is InChI=1S/C10H13ClO.C10H14O2/c2*1-12-7-6-9-2-4-10(8-11)5-3-9/h2-5H,6-8H2,1H3;2-5,11H,6-8H2,1H3. The maximum absolute atomic E-state index is 8.78. The lowest BCUT2D eigenvalue weighted by Crippen LogP contribution is -1.94. The predicted octanol–water partition coefficient (Wildman–Crippen LogP) is 3.98. The number of hydrogen-bond acceptors (Lipinski definition) is 3. The smallest absolute Gasteiger partial charge is 0.0681 e. The van der Waals surface area contributed by atoms with Crippen molar-refractivity contribution in [3.05, 3.63) is 70.8 Å². The minimum absolute atomic E-state index is 0.116. The van der Waals surface area contributed by atoms with Crippen LogP contribution < -0.4 is 0 Å². The predicted molar refractivity (Wildman–Crippen MR) is 99.5 cm³/mol. The van der Waals surface area contributed by atoms with E-state index in [1.54, 1.807) is 14.2 Å². The molecule has 0 amide bonds. The zero-order chi connectivity index (χ0) is 17.6. The molecule has 0 aliphatic rings. The van der Waals surface area contributed by atoms with Crippen LogP contribution in [0.3, 0.4) is 0 Å². The summed E-state index contributed by atoms with van der Waals surface area (Å²) in [5, 5.41) is 8.78. The number of rotatable bonds is 8. The molecule has 0 radical (unpaired) electrons. The Balaban J connectivity index is 0.000000240. The Labute approximate surface area is 150 Å². The van der Waals surface area contributed by atoms with E-state index in [-0.39, 0.29) is 6.61 Å². The van der Waals surface area contributed by atoms with Gasteiger partial charge in [-0.3, -0.25) is 0 Å². The number of halogens is 1. The van der Waals surface area contributed by atoms with Crippen molar-refractivity contribution < 1.29 is 14.6 Å². The normalized spacial score (nSPS) is 10.2. The van der Waals surface area contributed by atoms with Gasteiger partial charge in [0.05, 0.1) is 19.8 Å². The molecule has 0 aliphatic heterocycles. The maximum Gasteiger partial charge on any atom is 0.0681 e. The van der Waals surface area contributed by atoms with E-state index in [4.69, 9.17) is 26.2 Å². The number of hydrogen-bond donors (Lipinski definition) is 1. The van der Waals surface area contributed by atoms with Crippen LogP contribution >= 0.6 is 11.6 Å². The summed E-state index contributed by atoms with van der Waals surface area (Å²) >= 11 is 5.66. The van der Waals surface area contributed by atoms with Gasteiger partial charge >= 0.3 is 0 Å². The van der Waals surface area contributed by atoms with E-state index in [9.17, 15) is 0 Å². The number of alkyl halides is 1. The van der Waals surface area contributed by atoms with Crippen LogP contribution in [-0.2, 0) is 34.8 Å². The first kappa shape index (κ1) is 20.7. The maximum atomic E-state index is 8.78. The number of methoxy groups -OCH3 is 2. The molecule has 0 unspecified atom stereocenters. The monoisotopic (exact) mass is 350 g/mol. The molecule has 2 aromatic carbocycles. The third-order valence-corrected chi connectivity index (χ3v) is 3.88. The molecule has 2 aromatic rings. The second kappa shape index (κ2) is 13.0. The van der Waals surface area contributed by atoms with Gasteiger partial charge in [-0.1, -0.05) is 48.5 Å². The van der Waals surface area contributed by atoms with Gasteiger partial charge in [0.2, 0.25) is 0 Å². The Hall–Kier alpha value is -1.39. The van der Waals surface area contributed by atoms with E-state index in [0.29, 0.717) is 5.88 Å². The van der Waals surface area contributed by atoms with Gasteiger partial charge in [0.15, 0.2) is 0 Å². The summed E-state index contributed by atoms with van der Waals surface area (Å²) in [4.78, 5) is 0. The van der Waals surface area contributed by atoms with Crippen molar-refractivity contribution in [3.63, 3.8) is 0 Å². The second-order valence-electron chi connectivity index (χ2n) is 5.41.